The van der Waals surface area contributed by atoms with Crippen LogP contribution in [-0.2, 0) is 6.54 Å². The first-order chi connectivity index (χ1) is 9.17. The molecule has 1 heterocycles. The molecule has 0 saturated carbocycles. The maximum absolute atomic E-state index is 11.4. The van der Waals surface area contributed by atoms with Gasteiger partial charge in [-0.3, -0.25) is 10.2 Å². The lowest BCUT2D eigenvalue weighted by atomic mass is 10.2. The number of aromatic nitrogens is 1. The van der Waals surface area contributed by atoms with E-state index in [1.54, 1.807) is 12.1 Å². The normalized spacial score (nSPS) is 10.7. The highest BCUT2D eigenvalue weighted by Crippen LogP contribution is 2.04. The summed E-state index contributed by atoms with van der Waals surface area (Å²) in [5, 5.41) is 8.70. The molecule has 1 aromatic rings. The fourth-order valence-corrected chi connectivity index (χ4v) is 1.79. The van der Waals surface area contributed by atoms with Gasteiger partial charge in [-0.2, -0.15) is 0 Å². The van der Waals surface area contributed by atoms with Gasteiger partial charge in [-0.15, -0.1) is 0 Å². The molecule has 1 aromatic heterocycles. The fraction of sp³-hybridized carbons (Fsp3) is 0.538. The zero-order valence-corrected chi connectivity index (χ0v) is 11.3. The lowest BCUT2D eigenvalue weighted by Crippen LogP contribution is -2.31. The van der Waals surface area contributed by atoms with E-state index in [1.807, 2.05) is 13.1 Å². The third kappa shape index (κ3) is 5.78. The van der Waals surface area contributed by atoms with Crippen LogP contribution in [0.4, 0.5) is 0 Å². The van der Waals surface area contributed by atoms with Gasteiger partial charge in [-0.05, 0) is 45.0 Å². The monoisotopic (exact) mass is 266 g/mol. The Morgan fingerprint density at radius 1 is 1.42 bits per heavy atom. The number of aliphatic hydroxyl groups is 1. The van der Waals surface area contributed by atoms with Gasteiger partial charge in [0.1, 0.15) is 5.69 Å². The molecular weight excluding hydrogens is 244 g/mol. The number of nitrogens with two attached hydrogens (primary N) is 1. The maximum Gasteiger partial charge on any atom is 0.283 e. The van der Waals surface area contributed by atoms with Crippen LogP contribution in [0, 0.1) is 0 Å². The van der Waals surface area contributed by atoms with Crippen molar-refractivity contribution in [3.63, 3.8) is 0 Å². The molecule has 1 rings (SSSR count). The van der Waals surface area contributed by atoms with E-state index in [9.17, 15) is 4.79 Å². The van der Waals surface area contributed by atoms with E-state index in [4.69, 9.17) is 10.9 Å². The minimum Gasteiger partial charge on any atom is -0.396 e. The quantitative estimate of drug-likeness (QED) is 0.272. The molecule has 106 valence electrons. The zero-order chi connectivity index (χ0) is 14.1. The summed E-state index contributed by atoms with van der Waals surface area (Å²) in [6.45, 7) is 1.88. The van der Waals surface area contributed by atoms with E-state index in [0.717, 1.165) is 31.5 Å². The van der Waals surface area contributed by atoms with Crippen molar-refractivity contribution >= 4 is 5.91 Å². The van der Waals surface area contributed by atoms with E-state index >= 15 is 0 Å². The molecule has 19 heavy (non-hydrogen) atoms. The van der Waals surface area contributed by atoms with Crippen LogP contribution < -0.4 is 11.3 Å². The lowest BCUT2D eigenvalue weighted by molar-refractivity contribution is 0.0948. The summed E-state index contributed by atoms with van der Waals surface area (Å²) in [5.74, 6) is 4.70. The van der Waals surface area contributed by atoms with Gasteiger partial charge in [-0.1, -0.05) is 6.07 Å². The number of hydrogen-bond acceptors (Lipinski definition) is 5. The zero-order valence-electron chi connectivity index (χ0n) is 11.3. The average molecular weight is 266 g/mol. The van der Waals surface area contributed by atoms with Crippen LogP contribution in [0.2, 0.25) is 0 Å². The van der Waals surface area contributed by atoms with Crippen molar-refractivity contribution in [3.8, 4) is 0 Å². The molecule has 0 aliphatic rings. The molecule has 0 saturated heterocycles. The molecule has 0 aliphatic carbocycles. The van der Waals surface area contributed by atoms with Crippen molar-refractivity contribution in [1.82, 2.24) is 15.3 Å². The number of hydrazine groups is 1. The molecule has 1 amide bonds. The second kappa shape index (κ2) is 8.58. The van der Waals surface area contributed by atoms with Crippen LogP contribution in [0.25, 0.3) is 0 Å². The molecule has 6 heteroatoms. The van der Waals surface area contributed by atoms with E-state index in [1.165, 1.54) is 0 Å². The summed E-state index contributed by atoms with van der Waals surface area (Å²) in [4.78, 5) is 17.8. The number of carbonyl (C=O) groups is 1. The van der Waals surface area contributed by atoms with Crippen molar-refractivity contribution in [2.45, 2.75) is 25.8 Å². The Kier molecular flexibility index (Phi) is 7.02. The number of nitrogen functional groups attached to an aromatic ring is 1. The van der Waals surface area contributed by atoms with Crippen molar-refractivity contribution in [2.24, 2.45) is 5.84 Å². The SMILES string of the molecule is CN(CCCCCO)Cc1cccc(C(=O)NN)n1. The summed E-state index contributed by atoms with van der Waals surface area (Å²) in [6, 6.07) is 5.32. The van der Waals surface area contributed by atoms with Crippen molar-refractivity contribution in [2.75, 3.05) is 20.2 Å². The molecule has 0 spiro atoms. The molecule has 0 aliphatic heterocycles. The van der Waals surface area contributed by atoms with Crippen molar-refractivity contribution in [1.29, 1.82) is 0 Å². The molecule has 0 atom stereocenters. The van der Waals surface area contributed by atoms with E-state index in [-0.39, 0.29) is 12.5 Å². The molecular formula is C13H22N4O2. The van der Waals surface area contributed by atoms with Gasteiger partial charge in [-0.25, -0.2) is 10.8 Å². The Morgan fingerprint density at radius 2 is 2.21 bits per heavy atom. The molecule has 6 nitrogen and oxygen atoms in total. The third-order valence-electron chi connectivity index (χ3n) is 2.80. The van der Waals surface area contributed by atoms with Crippen molar-refractivity contribution < 1.29 is 9.90 Å². The highest BCUT2D eigenvalue weighted by atomic mass is 16.2. The number of hydrogen-bond donors (Lipinski definition) is 3. The number of unbranched alkanes of at least 4 members (excludes halogenated alkanes) is 2. The average Bonchev–Trinajstić information content (AvgIpc) is 2.43. The van der Waals surface area contributed by atoms with Crippen LogP contribution >= 0.6 is 0 Å². The first-order valence-corrected chi connectivity index (χ1v) is 6.43. The fourth-order valence-electron chi connectivity index (χ4n) is 1.79. The van der Waals surface area contributed by atoms with Gasteiger partial charge >= 0.3 is 0 Å². The number of nitrogens with zero attached hydrogens (tertiary/aromatic N) is 2. The number of aliphatic hydroxyl groups excluding tert-OH is 1. The van der Waals surface area contributed by atoms with Gasteiger partial charge in [0.25, 0.3) is 5.91 Å². The van der Waals surface area contributed by atoms with Crippen LogP contribution in [-0.4, -0.2) is 41.1 Å². The second-order valence-corrected chi connectivity index (χ2v) is 4.51. The van der Waals surface area contributed by atoms with E-state index in [2.05, 4.69) is 15.3 Å². The maximum atomic E-state index is 11.4. The Bertz CT molecular complexity index is 398. The topological polar surface area (TPSA) is 91.5 Å². The molecule has 0 bridgehead atoms. The summed E-state index contributed by atoms with van der Waals surface area (Å²) < 4.78 is 0. The predicted molar refractivity (Wildman–Crippen MR) is 73.2 cm³/mol. The number of rotatable bonds is 8. The van der Waals surface area contributed by atoms with Crippen LogP contribution in [0.3, 0.4) is 0 Å². The summed E-state index contributed by atoms with van der Waals surface area (Å²) in [5.41, 5.74) is 3.24. The molecule has 0 aromatic carbocycles. The third-order valence-corrected chi connectivity index (χ3v) is 2.80. The van der Waals surface area contributed by atoms with E-state index in [0.29, 0.717) is 12.2 Å². The van der Waals surface area contributed by atoms with Crippen molar-refractivity contribution in [3.05, 3.63) is 29.6 Å². The largest absolute Gasteiger partial charge is 0.396 e. The summed E-state index contributed by atoms with van der Waals surface area (Å²) in [6.07, 6.45) is 2.90. The molecule has 0 fully saturated rings. The van der Waals surface area contributed by atoms with Crippen LogP contribution in [0.15, 0.2) is 18.2 Å². The molecule has 0 radical (unpaired) electrons. The van der Waals surface area contributed by atoms with Gasteiger partial charge in [0, 0.05) is 13.2 Å². The highest BCUT2D eigenvalue weighted by molar-refractivity contribution is 5.91. The smallest absolute Gasteiger partial charge is 0.283 e. The standard InChI is InChI=1S/C13H22N4O2/c1-17(8-3-2-4-9-18)10-11-6-5-7-12(15-11)13(19)16-14/h5-7,18H,2-4,8-10,14H2,1H3,(H,16,19). The van der Waals surface area contributed by atoms with E-state index < -0.39 is 0 Å². The molecule has 4 N–H and O–H groups in total. The highest BCUT2D eigenvalue weighted by Gasteiger charge is 2.07. The summed E-state index contributed by atoms with van der Waals surface area (Å²) >= 11 is 0. The minimum absolute atomic E-state index is 0.252. The first kappa shape index (κ1) is 15.6. The predicted octanol–water partition coefficient (Wildman–Crippen LogP) is 0.280. The number of amides is 1. The first-order valence-electron chi connectivity index (χ1n) is 6.43. The van der Waals surface area contributed by atoms with Crippen LogP contribution in [0.5, 0.6) is 0 Å². The van der Waals surface area contributed by atoms with Gasteiger partial charge in [0.15, 0.2) is 0 Å². The second-order valence-electron chi connectivity index (χ2n) is 4.51. The number of carbonyl (C=O) groups excluding carboxylic acids is 1. The minimum atomic E-state index is -0.382. The summed E-state index contributed by atoms with van der Waals surface area (Å²) in [7, 11) is 2.01. The van der Waals surface area contributed by atoms with Gasteiger partial charge < -0.3 is 10.0 Å². The Balaban J connectivity index is 2.45. The lowest BCUT2D eigenvalue weighted by Gasteiger charge is -2.16. The number of nitrogens with one attached hydrogen (secondary N) is 1. The van der Waals surface area contributed by atoms with Gasteiger partial charge in [0.05, 0.1) is 5.69 Å². The molecule has 0 unspecified atom stereocenters. The van der Waals surface area contributed by atoms with Crippen LogP contribution in [0.1, 0.15) is 35.4 Å². The van der Waals surface area contributed by atoms with Gasteiger partial charge in [0.2, 0.25) is 0 Å². The Labute approximate surface area is 113 Å². The number of pyridine rings is 1. The Hall–Kier alpha value is -1.50. The Morgan fingerprint density at radius 3 is 2.89 bits per heavy atom.